The fraction of sp³-hybridized carbons (Fsp3) is 0.500. The molecular weight excluding hydrogens is 415 g/mol. The molecule has 2 aliphatic rings. The molecule has 8 heteroatoms. The molecule has 0 bridgehead atoms. The molecule has 1 aliphatic heterocycles. The van der Waals surface area contributed by atoms with Crippen LogP contribution in [0.3, 0.4) is 0 Å². The molecule has 2 aromatic rings. The van der Waals surface area contributed by atoms with Crippen molar-refractivity contribution >= 4 is 11.5 Å². The minimum absolute atomic E-state index is 0.228. The molecule has 3 unspecified atom stereocenters. The molecule has 1 aromatic heterocycles. The zero-order valence-electron chi connectivity index (χ0n) is 17.9. The van der Waals surface area contributed by atoms with Crippen molar-refractivity contribution in [2.45, 2.75) is 62.8 Å². The smallest absolute Gasteiger partial charge is 0.370 e. The second-order valence-corrected chi connectivity index (χ2v) is 8.68. The van der Waals surface area contributed by atoms with Gasteiger partial charge in [-0.15, -0.1) is 0 Å². The van der Waals surface area contributed by atoms with Gasteiger partial charge in [-0.2, -0.15) is 18.4 Å². The lowest BCUT2D eigenvalue weighted by atomic mass is 9.89. The lowest BCUT2D eigenvalue weighted by molar-refractivity contribution is -0.137. The van der Waals surface area contributed by atoms with Crippen molar-refractivity contribution in [3.63, 3.8) is 0 Å². The van der Waals surface area contributed by atoms with Crippen molar-refractivity contribution in [2.75, 3.05) is 23.3 Å². The zero-order valence-corrected chi connectivity index (χ0v) is 17.9. The average molecular weight is 444 g/mol. The molecule has 1 saturated heterocycles. The van der Waals surface area contributed by atoms with Gasteiger partial charge in [0.2, 0.25) is 0 Å². The van der Waals surface area contributed by atoms with Gasteiger partial charge in [0.15, 0.2) is 0 Å². The lowest BCUT2D eigenvalue weighted by Crippen LogP contribution is -2.55. The summed E-state index contributed by atoms with van der Waals surface area (Å²) in [7, 11) is 0. The van der Waals surface area contributed by atoms with Crippen molar-refractivity contribution in [3.05, 3.63) is 53.7 Å². The Kier molecular flexibility index (Phi) is 6.85. The summed E-state index contributed by atoms with van der Waals surface area (Å²) < 4.78 is 38.6. The molecule has 2 N–H and O–H groups in total. The van der Waals surface area contributed by atoms with Crippen LogP contribution >= 0.6 is 0 Å². The van der Waals surface area contributed by atoms with E-state index in [1.165, 1.54) is 0 Å². The van der Waals surface area contributed by atoms with Crippen LogP contribution in [0.4, 0.5) is 24.7 Å². The highest BCUT2D eigenvalue weighted by molar-refractivity contribution is 5.49. The third-order valence-corrected chi connectivity index (χ3v) is 6.42. The van der Waals surface area contributed by atoms with Crippen molar-refractivity contribution in [1.29, 1.82) is 5.26 Å². The summed E-state index contributed by atoms with van der Waals surface area (Å²) in [6.45, 7) is 1.62. The second-order valence-electron chi connectivity index (χ2n) is 8.68. The molecule has 1 aromatic carbocycles. The molecule has 3 atom stereocenters. The van der Waals surface area contributed by atoms with Crippen molar-refractivity contribution in [3.8, 4) is 6.07 Å². The Morgan fingerprint density at radius 2 is 1.75 bits per heavy atom. The maximum Gasteiger partial charge on any atom is 0.416 e. The van der Waals surface area contributed by atoms with Crippen LogP contribution in [0.2, 0.25) is 0 Å². The molecular formula is C24H28F3N5. The second kappa shape index (κ2) is 9.78. The quantitative estimate of drug-likeness (QED) is 0.684. The summed E-state index contributed by atoms with van der Waals surface area (Å²) in [5.74, 6) is 0.720. The highest BCUT2D eigenvalue weighted by atomic mass is 19.4. The van der Waals surface area contributed by atoms with Crippen LogP contribution in [-0.4, -0.2) is 36.2 Å². The van der Waals surface area contributed by atoms with Gasteiger partial charge in [0.25, 0.3) is 0 Å². The maximum absolute atomic E-state index is 12.9. The van der Waals surface area contributed by atoms with Crippen molar-refractivity contribution < 1.29 is 13.2 Å². The van der Waals surface area contributed by atoms with E-state index in [4.69, 9.17) is 5.26 Å². The van der Waals surface area contributed by atoms with E-state index < -0.39 is 11.7 Å². The van der Waals surface area contributed by atoms with Crippen molar-refractivity contribution in [2.24, 2.45) is 0 Å². The minimum atomic E-state index is -4.31. The number of rotatable bonds is 5. The SMILES string of the molecule is N#Cc1ccnc(NC2CCCCC2NC2CCCN(c3ccc(C(F)(F)F)cc3)C2)c1. The fourth-order valence-electron chi connectivity index (χ4n) is 4.78. The van der Waals surface area contributed by atoms with E-state index in [1.54, 1.807) is 30.5 Å². The summed E-state index contributed by atoms with van der Waals surface area (Å²) >= 11 is 0. The summed E-state index contributed by atoms with van der Waals surface area (Å²) in [5, 5.41) is 16.5. The van der Waals surface area contributed by atoms with Gasteiger partial charge >= 0.3 is 6.18 Å². The molecule has 1 aliphatic carbocycles. The first-order chi connectivity index (χ1) is 15.4. The zero-order chi connectivity index (χ0) is 22.6. The molecule has 5 nitrogen and oxygen atoms in total. The van der Waals surface area contributed by atoms with Gasteiger partial charge in [-0.25, -0.2) is 4.98 Å². The van der Waals surface area contributed by atoms with Gasteiger partial charge in [-0.1, -0.05) is 12.8 Å². The number of nitriles is 1. The number of pyridine rings is 1. The Morgan fingerprint density at radius 1 is 1.00 bits per heavy atom. The topological polar surface area (TPSA) is 64.0 Å². The summed E-state index contributed by atoms with van der Waals surface area (Å²) in [4.78, 5) is 6.53. The highest BCUT2D eigenvalue weighted by Gasteiger charge is 2.31. The minimum Gasteiger partial charge on any atom is -0.370 e. The van der Waals surface area contributed by atoms with Crippen LogP contribution in [0.5, 0.6) is 0 Å². The largest absolute Gasteiger partial charge is 0.416 e. The molecule has 32 heavy (non-hydrogen) atoms. The van der Waals surface area contributed by atoms with Gasteiger partial charge in [0.1, 0.15) is 5.82 Å². The standard InChI is InChI=1S/C24H28F3N5/c25-24(26,27)18-7-9-20(10-8-18)32-13-3-4-19(16-32)30-21-5-1-2-6-22(21)31-23-14-17(15-28)11-12-29-23/h7-12,14,19,21-22,30H,1-6,13,16H2,(H,29,31). The summed E-state index contributed by atoms with van der Waals surface area (Å²) in [6, 6.07) is 11.9. The van der Waals surface area contributed by atoms with Gasteiger partial charge in [-0.05, 0) is 62.1 Å². The number of benzene rings is 1. The molecule has 0 spiro atoms. The lowest BCUT2D eigenvalue weighted by Gasteiger charge is -2.40. The number of aromatic nitrogens is 1. The van der Waals surface area contributed by atoms with E-state index in [2.05, 4.69) is 26.6 Å². The predicted molar refractivity (Wildman–Crippen MR) is 118 cm³/mol. The normalized spacial score (nSPS) is 24.1. The first-order valence-corrected chi connectivity index (χ1v) is 11.2. The number of alkyl halides is 3. The van der Waals surface area contributed by atoms with Gasteiger partial charge in [0, 0.05) is 43.1 Å². The van der Waals surface area contributed by atoms with Gasteiger partial charge in [0.05, 0.1) is 17.2 Å². The highest BCUT2D eigenvalue weighted by Crippen LogP contribution is 2.31. The Balaban J connectivity index is 1.39. The monoisotopic (exact) mass is 443 g/mol. The van der Waals surface area contributed by atoms with Crippen LogP contribution in [0, 0.1) is 11.3 Å². The molecule has 0 radical (unpaired) electrons. The Bertz CT molecular complexity index is 938. The van der Waals surface area contributed by atoms with E-state index in [0.29, 0.717) is 5.56 Å². The molecule has 2 heterocycles. The van der Waals surface area contributed by atoms with Crippen LogP contribution in [0.25, 0.3) is 0 Å². The summed E-state index contributed by atoms with van der Waals surface area (Å²) in [5.41, 5.74) is 0.806. The molecule has 2 fully saturated rings. The van der Waals surface area contributed by atoms with Crippen LogP contribution in [0.1, 0.15) is 49.7 Å². The first kappa shape index (κ1) is 22.4. The van der Waals surface area contributed by atoms with E-state index >= 15 is 0 Å². The van der Waals surface area contributed by atoms with E-state index in [1.807, 2.05) is 0 Å². The molecule has 170 valence electrons. The van der Waals surface area contributed by atoms with Crippen LogP contribution in [-0.2, 0) is 6.18 Å². The number of piperidine rings is 1. The average Bonchev–Trinajstić information content (AvgIpc) is 2.80. The Labute approximate surface area is 186 Å². The number of hydrogen-bond donors (Lipinski definition) is 2. The number of nitrogens with zero attached hydrogens (tertiary/aromatic N) is 3. The predicted octanol–water partition coefficient (Wildman–Crippen LogP) is 4.95. The van der Waals surface area contributed by atoms with Crippen molar-refractivity contribution in [1.82, 2.24) is 10.3 Å². The van der Waals surface area contributed by atoms with Crippen LogP contribution in [0.15, 0.2) is 42.6 Å². The number of nitrogens with one attached hydrogen (secondary N) is 2. The van der Waals surface area contributed by atoms with E-state index in [-0.39, 0.29) is 18.1 Å². The summed E-state index contributed by atoms with van der Waals surface area (Å²) in [6.07, 6.45) is 3.78. The Hall–Kier alpha value is -2.79. The third kappa shape index (κ3) is 5.52. The van der Waals surface area contributed by atoms with Gasteiger partial charge < -0.3 is 15.5 Å². The molecule has 4 rings (SSSR count). The Morgan fingerprint density at radius 3 is 2.47 bits per heavy atom. The van der Waals surface area contributed by atoms with Crippen LogP contribution < -0.4 is 15.5 Å². The third-order valence-electron chi connectivity index (χ3n) is 6.42. The molecule has 0 amide bonds. The first-order valence-electron chi connectivity index (χ1n) is 11.2. The number of hydrogen-bond acceptors (Lipinski definition) is 5. The maximum atomic E-state index is 12.9. The van der Waals surface area contributed by atoms with E-state index in [9.17, 15) is 13.2 Å². The van der Waals surface area contributed by atoms with Gasteiger partial charge in [-0.3, -0.25) is 0 Å². The number of anilines is 2. The fourth-order valence-corrected chi connectivity index (χ4v) is 4.78. The van der Waals surface area contributed by atoms with E-state index in [0.717, 1.165) is 75.3 Å². The molecule has 1 saturated carbocycles. The number of halogens is 3.